The van der Waals surface area contributed by atoms with E-state index in [0.29, 0.717) is 18.7 Å². The number of piperidine rings is 1. The number of hydrogen-bond acceptors (Lipinski definition) is 7. The Kier molecular flexibility index (Phi) is 8.86. The Morgan fingerprint density at radius 3 is 2.57 bits per heavy atom. The van der Waals surface area contributed by atoms with E-state index in [1.165, 1.54) is 19.3 Å². The maximum absolute atomic E-state index is 12.8. The van der Waals surface area contributed by atoms with E-state index in [1.807, 2.05) is 48.7 Å². The minimum atomic E-state index is -0.245. The van der Waals surface area contributed by atoms with Gasteiger partial charge in [-0.1, -0.05) is 18.2 Å². The lowest BCUT2D eigenvalue weighted by Gasteiger charge is -2.28. The van der Waals surface area contributed by atoms with Crippen LogP contribution in [0, 0.1) is 0 Å². The molecule has 0 bridgehead atoms. The highest BCUT2D eigenvalue weighted by atomic mass is 16.6. The van der Waals surface area contributed by atoms with Gasteiger partial charge in [0.15, 0.2) is 0 Å². The average molecular weight is 479 g/mol. The number of ether oxygens (including phenoxy) is 2. The van der Waals surface area contributed by atoms with Crippen LogP contribution in [0.4, 0.5) is 5.69 Å². The summed E-state index contributed by atoms with van der Waals surface area (Å²) >= 11 is 0. The Balaban J connectivity index is 1.29. The number of esters is 1. The van der Waals surface area contributed by atoms with Gasteiger partial charge in [0.2, 0.25) is 0 Å². The van der Waals surface area contributed by atoms with Crippen LogP contribution in [0.15, 0.2) is 47.6 Å². The van der Waals surface area contributed by atoms with Gasteiger partial charge in [-0.2, -0.15) is 5.10 Å². The molecule has 0 saturated carbocycles. The second-order valence-electron chi connectivity index (χ2n) is 8.99. The maximum Gasteiger partial charge on any atom is 0.320 e. The topological polar surface area (TPSA) is 83.5 Å². The van der Waals surface area contributed by atoms with Gasteiger partial charge in [-0.3, -0.25) is 19.5 Å². The first-order chi connectivity index (χ1) is 17.1. The predicted octanol–water partition coefficient (Wildman–Crippen LogP) is 3.31. The lowest BCUT2D eigenvalue weighted by atomic mass is 9.97. The van der Waals surface area contributed by atoms with Crippen molar-refractivity contribution < 1.29 is 19.1 Å². The molecule has 0 spiro atoms. The zero-order valence-corrected chi connectivity index (χ0v) is 20.4. The largest absolute Gasteiger partial charge is 0.462 e. The smallest absolute Gasteiger partial charge is 0.320 e. The van der Waals surface area contributed by atoms with Gasteiger partial charge < -0.3 is 14.8 Å². The molecular weight excluding hydrogens is 444 g/mol. The van der Waals surface area contributed by atoms with Gasteiger partial charge >= 0.3 is 5.97 Å². The predicted molar refractivity (Wildman–Crippen MR) is 136 cm³/mol. The first-order valence-corrected chi connectivity index (χ1v) is 12.3. The molecule has 1 amide bonds. The summed E-state index contributed by atoms with van der Waals surface area (Å²) < 4.78 is 10.1. The van der Waals surface area contributed by atoms with Crippen LogP contribution in [0.1, 0.15) is 46.3 Å². The molecule has 0 aromatic heterocycles. The van der Waals surface area contributed by atoms with Crippen LogP contribution in [0.5, 0.6) is 0 Å². The Labute approximate surface area is 206 Å². The highest BCUT2D eigenvalue weighted by molar-refractivity contribution is 6.04. The highest BCUT2D eigenvalue weighted by Crippen LogP contribution is 2.21. The summed E-state index contributed by atoms with van der Waals surface area (Å²) in [7, 11) is 1.58. The van der Waals surface area contributed by atoms with Gasteiger partial charge in [0.05, 0.1) is 19.4 Å². The second-order valence-corrected chi connectivity index (χ2v) is 8.99. The van der Waals surface area contributed by atoms with Gasteiger partial charge in [-0.05, 0) is 66.6 Å². The summed E-state index contributed by atoms with van der Waals surface area (Å²) in [5.74, 6) is -0.378. The summed E-state index contributed by atoms with van der Waals surface area (Å²) in [5, 5.41) is 9.65. The number of carbonyl (C=O) groups excluding carboxylic acids is 2. The molecule has 2 aromatic carbocycles. The molecule has 186 valence electrons. The third kappa shape index (κ3) is 7.37. The van der Waals surface area contributed by atoms with Crippen LogP contribution in [0.3, 0.4) is 0 Å². The fourth-order valence-corrected chi connectivity index (χ4v) is 4.35. The van der Waals surface area contributed by atoms with Crippen LogP contribution >= 0.6 is 0 Å². The summed E-state index contributed by atoms with van der Waals surface area (Å²) in [4.78, 5) is 26.9. The quantitative estimate of drug-likeness (QED) is 0.338. The molecule has 2 aromatic rings. The lowest BCUT2D eigenvalue weighted by molar-refractivity contribution is -0.146. The summed E-state index contributed by atoms with van der Waals surface area (Å²) in [6.45, 7) is 4.37. The van der Waals surface area contributed by atoms with E-state index < -0.39 is 0 Å². The van der Waals surface area contributed by atoms with Crippen LogP contribution in [0.25, 0.3) is 0 Å². The van der Waals surface area contributed by atoms with Crippen molar-refractivity contribution in [2.45, 2.75) is 32.2 Å². The highest BCUT2D eigenvalue weighted by Gasteiger charge is 2.20. The van der Waals surface area contributed by atoms with Crippen molar-refractivity contribution in [1.82, 2.24) is 9.91 Å². The number of nitrogens with one attached hydrogen (secondary N) is 1. The summed E-state index contributed by atoms with van der Waals surface area (Å²) in [6.07, 6.45) is 6.35. The lowest BCUT2D eigenvalue weighted by Crippen LogP contribution is -2.36. The Morgan fingerprint density at radius 1 is 1.00 bits per heavy atom. The van der Waals surface area contributed by atoms with E-state index in [2.05, 4.69) is 20.3 Å². The number of fused-ring (bicyclic) bond motifs is 1. The van der Waals surface area contributed by atoms with E-state index in [-0.39, 0.29) is 25.0 Å². The number of hydrazone groups is 1. The molecule has 0 aliphatic carbocycles. The fourth-order valence-electron chi connectivity index (χ4n) is 4.35. The van der Waals surface area contributed by atoms with Crippen molar-refractivity contribution in [2.24, 2.45) is 5.10 Å². The van der Waals surface area contributed by atoms with Crippen molar-refractivity contribution in [3.8, 4) is 0 Å². The number of anilines is 1. The first kappa shape index (κ1) is 24.9. The zero-order chi connectivity index (χ0) is 24.5. The standard InChI is InChI=1S/C27H34N4O4/c1-34-15-16-35-26(32)20-30-14-11-22-17-23(7-8-24(22)19-30)27(33)29-25-9-5-21(6-10-25)18-28-31-12-3-2-4-13-31/h5-10,17-18H,2-4,11-16,19-20H2,1H3,(H,29,33)/b28-18+. The van der Waals surface area contributed by atoms with Crippen molar-refractivity contribution in [3.05, 3.63) is 64.7 Å². The minimum absolute atomic E-state index is 0.133. The van der Waals surface area contributed by atoms with Crippen LogP contribution < -0.4 is 5.32 Å². The van der Waals surface area contributed by atoms with E-state index in [9.17, 15) is 9.59 Å². The van der Waals surface area contributed by atoms with Gasteiger partial charge in [0.25, 0.3) is 5.91 Å². The molecule has 8 nitrogen and oxygen atoms in total. The third-order valence-corrected chi connectivity index (χ3v) is 6.33. The maximum atomic E-state index is 12.8. The Hall–Kier alpha value is -3.23. The zero-order valence-electron chi connectivity index (χ0n) is 20.4. The molecule has 2 aliphatic heterocycles. The number of methoxy groups -OCH3 is 1. The normalized spacial score (nSPS) is 16.2. The molecule has 35 heavy (non-hydrogen) atoms. The molecule has 1 saturated heterocycles. The van der Waals surface area contributed by atoms with Crippen molar-refractivity contribution >= 4 is 23.8 Å². The fraction of sp³-hybridized carbons (Fsp3) is 0.444. The number of benzene rings is 2. The molecule has 1 fully saturated rings. The van der Waals surface area contributed by atoms with Crippen molar-refractivity contribution in [1.29, 1.82) is 0 Å². The number of nitrogens with zero attached hydrogens (tertiary/aromatic N) is 3. The first-order valence-electron chi connectivity index (χ1n) is 12.3. The van der Waals surface area contributed by atoms with Gasteiger partial charge in [0, 0.05) is 44.5 Å². The third-order valence-electron chi connectivity index (χ3n) is 6.33. The Bertz CT molecular complexity index is 1030. The summed E-state index contributed by atoms with van der Waals surface area (Å²) in [6, 6.07) is 13.5. The van der Waals surface area contributed by atoms with Crippen molar-refractivity contribution in [3.63, 3.8) is 0 Å². The number of amides is 1. The molecule has 8 heteroatoms. The van der Waals surface area contributed by atoms with Gasteiger partial charge in [-0.15, -0.1) is 0 Å². The number of carbonyl (C=O) groups is 2. The van der Waals surface area contributed by atoms with E-state index in [1.54, 1.807) is 7.11 Å². The van der Waals surface area contributed by atoms with Gasteiger partial charge in [0.1, 0.15) is 6.61 Å². The van der Waals surface area contributed by atoms with Crippen LogP contribution in [-0.2, 0) is 27.2 Å². The molecule has 2 aliphatic rings. The van der Waals surface area contributed by atoms with Crippen molar-refractivity contribution in [2.75, 3.05) is 51.8 Å². The monoisotopic (exact) mass is 478 g/mol. The van der Waals surface area contributed by atoms with Gasteiger partial charge in [-0.25, -0.2) is 0 Å². The average Bonchev–Trinajstić information content (AvgIpc) is 2.88. The number of rotatable bonds is 9. The molecule has 1 N–H and O–H groups in total. The minimum Gasteiger partial charge on any atom is -0.462 e. The molecule has 2 heterocycles. The van der Waals surface area contributed by atoms with Crippen LogP contribution in [0.2, 0.25) is 0 Å². The van der Waals surface area contributed by atoms with E-state index >= 15 is 0 Å². The molecule has 0 radical (unpaired) electrons. The SMILES string of the molecule is COCCOC(=O)CN1CCc2cc(C(=O)Nc3ccc(/C=N/N4CCCCC4)cc3)ccc2C1. The molecule has 0 atom stereocenters. The second kappa shape index (κ2) is 12.5. The van der Waals surface area contributed by atoms with E-state index in [4.69, 9.17) is 9.47 Å². The molecular formula is C27H34N4O4. The van der Waals surface area contributed by atoms with Crippen LogP contribution in [-0.4, -0.2) is 74.5 Å². The number of hydrogen-bond donors (Lipinski definition) is 1. The molecule has 4 rings (SSSR count). The Morgan fingerprint density at radius 2 is 1.80 bits per heavy atom. The summed E-state index contributed by atoms with van der Waals surface area (Å²) in [5.41, 5.74) is 4.67. The van der Waals surface area contributed by atoms with E-state index in [0.717, 1.165) is 48.4 Å². The molecule has 0 unspecified atom stereocenters.